The molecule has 5 heteroatoms. The number of fused-ring (bicyclic) bond motifs is 1. The lowest BCUT2D eigenvalue weighted by molar-refractivity contribution is 0.603. The second-order valence-electron chi connectivity index (χ2n) is 3.35. The van der Waals surface area contributed by atoms with E-state index in [4.69, 9.17) is 5.73 Å². The average molecular weight is 241 g/mol. The average Bonchev–Trinajstić information content (AvgIpc) is 2.49. The second-order valence-corrected chi connectivity index (χ2v) is 5.64. The van der Waals surface area contributed by atoms with E-state index in [1.165, 1.54) is 0 Å². The third kappa shape index (κ3) is 1.60. The zero-order chi connectivity index (χ0) is 11.1. The summed E-state index contributed by atoms with van der Waals surface area (Å²) in [5.41, 5.74) is 7.15. The molecule has 0 aliphatic carbocycles. The molecule has 80 valence electrons. The Balaban J connectivity index is 2.63. The van der Waals surface area contributed by atoms with E-state index in [2.05, 4.69) is 12.6 Å². The molecule has 0 atom stereocenters. The van der Waals surface area contributed by atoms with E-state index in [-0.39, 0.29) is 5.75 Å². The summed E-state index contributed by atoms with van der Waals surface area (Å²) in [6.07, 6.45) is 1.66. The molecule has 0 amide bonds. The van der Waals surface area contributed by atoms with Gasteiger partial charge in [-0.3, -0.25) is 0 Å². The maximum atomic E-state index is 11.9. The monoisotopic (exact) mass is 241 g/mol. The van der Waals surface area contributed by atoms with Crippen molar-refractivity contribution in [3.63, 3.8) is 0 Å². The minimum Gasteiger partial charge on any atom is -0.326 e. The van der Waals surface area contributed by atoms with Crippen molar-refractivity contribution in [2.24, 2.45) is 5.73 Å². The van der Waals surface area contributed by atoms with Crippen molar-refractivity contribution in [1.29, 1.82) is 0 Å². The molecule has 2 N–H and O–H groups in total. The smallest absolute Gasteiger partial charge is 0.204 e. The molecule has 3 nitrogen and oxygen atoms in total. The molecule has 0 unspecified atom stereocenters. The van der Waals surface area contributed by atoms with E-state index in [1.54, 1.807) is 18.2 Å². The fourth-order valence-corrected chi connectivity index (χ4v) is 3.62. The minimum atomic E-state index is -3.28. The van der Waals surface area contributed by atoms with Crippen LogP contribution in [0.3, 0.4) is 0 Å². The van der Waals surface area contributed by atoms with Gasteiger partial charge in [0.2, 0.25) is 9.84 Å². The summed E-state index contributed by atoms with van der Waals surface area (Å²) in [5.74, 6) is 0.231. The van der Waals surface area contributed by atoms with Gasteiger partial charge >= 0.3 is 0 Å². The number of nitrogens with two attached hydrogens (primary N) is 1. The molecule has 1 heterocycles. The Hall–Kier alpha value is -0.780. The third-order valence-electron chi connectivity index (χ3n) is 2.42. The predicted molar refractivity (Wildman–Crippen MR) is 63.3 cm³/mol. The van der Waals surface area contributed by atoms with Crippen molar-refractivity contribution in [1.82, 2.24) is 0 Å². The van der Waals surface area contributed by atoms with Crippen LogP contribution in [0.1, 0.15) is 11.1 Å². The Morgan fingerprint density at radius 3 is 2.67 bits per heavy atom. The largest absolute Gasteiger partial charge is 0.326 e. The van der Waals surface area contributed by atoms with E-state index in [0.29, 0.717) is 16.3 Å². The molecule has 0 bridgehead atoms. The molecule has 0 radical (unpaired) electrons. The fraction of sp³-hybridized carbons (Fsp3) is 0.200. The van der Waals surface area contributed by atoms with Gasteiger partial charge in [-0.2, -0.15) is 12.6 Å². The number of benzene rings is 1. The van der Waals surface area contributed by atoms with Crippen molar-refractivity contribution in [3.8, 4) is 0 Å². The van der Waals surface area contributed by atoms with Crippen LogP contribution in [-0.4, -0.2) is 14.2 Å². The predicted octanol–water partition coefficient (Wildman–Crippen LogP) is 1.20. The zero-order valence-electron chi connectivity index (χ0n) is 7.97. The molecule has 15 heavy (non-hydrogen) atoms. The van der Waals surface area contributed by atoms with E-state index >= 15 is 0 Å². The molecular formula is C10H11NO2S2. The normalized spacial score (nSPS) is 17.3. The topological polar surface area (TPSA) is 60.2 Å². The highest BCUT2D eigenvalue weighted by atomic mass is 32.2. The van der Waals surface area contributed by atoms with Crippen LogP contribution in [0.5, 0.6) is 0 Å². The van der Waals surface area contributed by atoms with Crippen molar-refractivity contribution < 1.29 is 8.42 Å². The summed E-state index contributed by atoms with van der Waals surface area (Å²) in [4.78, 5) is 0.721. The standard InChI is InChI=1S/C10H11NO2S2/c11-5-7-1-2-10-8(3-7)4-9(6-14)15(10,12)13/h1-4,14H,5-6,11H2. The fourth-order valence-electron chi connectivity index (χ4n) is 1.61. The van der Waals surface area contributed by atoms with Gasteiger partial charge in [-0.05, 0) is 29.3 Å². The van der Waals surface area contributed by atoms with Gasteiger partial charge in [0.15, 0.2) is 0 Å². The lowest BCUT2D eigenvalue weighted by atomic mass is 10.1. The van der Waals surface area contributed by atoms with Gasteiger partial charge in [-0.15, -0.1) is 0 Å². The third-order valence-corrected chi connectivity index (χ3v) is 4.87. The van der Waals surface area contributed by atoms with E-state index in [0.717, 1.165) is 11.1 Å². The summed E-state index contributed by atoms with van der Waals surface area (Å²) >= 11 is 4.01. The number of rotatable bonds is 2. The first kappa shape index (κ1) is 10.7. The van der Waals surface area contributed by atoms with Gasteiger partial charge in [-0.25, -0.2) is 8.42 Å². The van der Waals surface area contributed by atoms with Crippen LogP contribution in [0.25, 0.3) is 6.08 Å². The molecule has 0 saturated carbocycles. The highest BCUT2D eigenvalue weighted by molar-refractivity contribution is 7.97. The molecule has 1 aromatic rings. The van der Waals surface area contributed by atoms with Crippen LogP contribution < -0.4 is 5.73 Å². The first-order valence-electron chi connectivity index (χ1n) is 4.49. The van der Waals surface area contributed by atoms with E-state index in [9.17, 15) is 8.42 Å². The number of sulfone groups is 1. The summed E-state index contributed by atoms with van der Waals surface area (Å²) in [7, 11) is -3.28. The van der Waals surface area contributed by atoms with Crippen molar-refractivity contribution in [3.05, 3.63) is 34.2 Å². The summed E-state index contributed by atoms with van der Waals surface area (Å²) < 4.78 is 23.7. The number of hydrogen-bond donors (Lipinski definition) is 2. The van der Waals surface area contributed by atoms with Gasteiger partial charge in [-0.1, -0.05) is 6.07 Å². The number of hydrogen-bond acceptors (Lipinski definition) is 4. The molecule has 2 rings (SSSR count). The molecule has 1 aliphatic rings. The van der Waals surface area contributed by atoms with Crippen LogP contribution >= 0.6 is 12.6 Å². The van der Waals surface area contributed by atoms with E-state index < -0.39 is 9.84 Å². The summed E-state index contributed by atoms with van der Waals surface area (Å²) in [6.45, 7) is 0.414. The van der Waals surface area contributed by atoms with Gasteiger partial charge in [0, 0.05) is 12.3 Å². The Labute approximate surface area is 94.3 Å². The molecule has 1 aliphatic heterocycles. The van der Waals surface area contributed by atoms with Crippen LogP contribution in [0.2, 0.25) is 0 Å². The van der Waals surface area contributed by atoms with Gasteiger partial charge in [0.25, 0.3) is 0 Å². The molecule has 0 fully saturated rings. The van der Waals surface area contributed by atoms with Crippen LogP contribution in [0.15, 0.2) is 28.0 Å². The van der Waals surface area contributed by atoms with Crippen LogP contribution in [0, 0.1) is 0 Å². The molecule has 1 aromatic carbocycles. The highest BCUT2D eigenvalue weighted by Gasteiger charge is 2.28. The lowest BCUT2D eigenvalue weighted by Gasteiger charge is -2.02. The Kier molecular flexibility index (Phi) is 2.62. The van der Waals surface area contributed by atoms with Crippen molar-refractivity contribution in [2.45, 2.75) is 11.4 Å². The summed E-state index contributed by atoms with van der Waals surface area (Å²) in [6, 6.07) is 5.16. The maximum Gasteiger partial charge on any atom is 0.204 e. The highest BCUT2D eigenvalue weighted by Crippen LogP contribution is 2.33. The SMILES string of the molecule is NCc1ccc2c(c1)C=C(CS)S2(=O)=O. The van der Waals surface area contributed by atoms with Gasteiger partial charge in [0.05, 0.1) is 9.80 Å². The quantitative estimate of drug-likeness (QED) is 0.765. The minimum absolute atomic E-state index is 0.231. The van der Waals surface area contributed by atoms with Crippen molar-refractivity contribution in [2.75, 3.05) is 5.75 Å². The molecule has 0 saturated heterocycles. The molecular weight excluding hydrogens is 230 g/mol. The molecule has 0 aromatic heterocycles. The van der Waals surface area contributed by atoms with Crippen molar-refractivity contribution >= 4 is 28.5 Å². The second kappa shape index (κ2) is 3.66. The Bertz CT molecular complexity index is 532. The maximum absolute atomic E-state index is 11.9. The summed E-state index contributed by atoms with van der Waals surface area (Å²) in [5, 5.41) is 0. The van der Waals surface area contributed by atoms with E-state index in [1.807, 2.05) is 6.07 Å². The molecule has 0 spiro atoms. The van der Waals surface area contributed by atoms with Gasteiger partial charge in [0.1, 0.15) is 0 Å². The zero-order valence-corrected chi connectivity index (χ0v) is 9.68. The Morgan fingerprint density at radius 2 is 2.07 bits per heavy atom. The Morgan fingerprint density at radius 1 is 1.33 bits per heavy atom. The first-order chi connectivity index (χ1) is 7.09. The van der Waals surface area contributed by atoms with Gasteiger partial charge < -0.3 is 5.73 Å². The lowest BCUT2D eigenvalue weighted by Crippen LogP contribution is -2.02. The van der Waals surface area contributed by atoms with Crippen LogP contribution in [0.4, 0.5) is 0 Å². The first-order valence-corrected chi connectivity index (χ1v) is 6.60. The van der Waals surface area contributed by atoms with Crippen LogP contribution in [-0.2, 0) is 16.4 Å². The number of thiol groups is 1.